The number of hydrogen-bond acceptors (Lipinski definition) is 7. The molecule has 3 saturated heterocycles. The van der Waals surface area contributed by atoms with Crippen LogP contribution in [0, 0.1) is 5.41 Å². The second kappa shape index (κ2) is 17.2. The molecule has 3 fully saturated rings. The molecule has 0 atom stereocenters. The Labute approximate surface area is 198 Å². The molecule has 0 unspecified atom stereocenters. The van der Waals surface area contributed by atoms with E-state index in [4.69, 9.17) is 4.74 Å². The monoisotopic (exact) mass is 454 g/mol. The van der Waals surface area contributed by atoms with Crippen LogP contribution >= 0.6 is 0 Å². The van der Waals surface area contributed by atoms with Gasteiger partial charge >= 0.3 is 0 Å². The van der Waals surface area contributed by atoms with E-state index in [0.717, 1.165) is 85.1 Å². The fourth-order valence-electron chi connectivity index (χ4n) is 4.70. The van der Waals surface area contributed by atoms with Crippen LogP contribution in [0.25, 0.3) is 0 Å². The van der Waals surface area contributed by atoms with E-state index in [-0.39, 0.29) is 11.0 Å². The maximum absolute atomic E-state index is 6.63. The average molecular weight is 455 g/mol. The lowest BCUT2D eigenvalue weighted by atomic mass is 9.90. The lowest BCUT2D eigenvalue weighted by Crippen LogP contribution is -2.59. The molecule has 0 aromatic carbocycles. The van der Waals surface area contributed by atoms with E-state index in [9.17, 15) is 0 Å². The summed E-state index contributed by atoms with van der Waals surface area (Å²) in [6.45, 7) is 17.1. The van der Waals surface area contributed by atoms with Crippen molar-refractivity contribution in [3.8, 4) is 0 Å². The minimum Gasteiger partial charge on any atom is -0.371 e. The van der Waals surface area contributed by atoms with Crippen molar-refractivity contribution < 1.29 is 4.74 Å². The van der Waals surface area contributed by atoms with Crippen LogP contribution in [0.4, 0.5) is 0 Å². The molecule has 0 aromatic rings. The molecule has 6 N–H and O–H groups in total. The minimum absolute atomic E-state index is 0.204. The number of fused-ring (bicyclic) bond motifs is 15. The summed E-state index contributed by atoms with van der Waals surface area (Å²) in [6.07, 6.45) is 10.7. The maximum Gasteiger partial charge on any atom is 0.105 e. The first-order valence-corrected chi connectivity index (χ1v) is 13.6. The molecular weight excluding hydrogens is 400 g/mol. The number of unbranched alkanes of at least 4 members (excludes halogenated alkanes) is 7. The Morgan fingerprint density at radius 3 is 1.34 bits per heavy atom. The van der Waals surface area contributed by atoms with Gasteiger partial charge in [-0.15, -0.1) is 0 Å². The van der Waals surface area contributed by atoms with Crippen LogP contribution in [-0.2, 0) is 4.74 Å². The van der Waals surface area contributed by atoms with Crippen LogP contribution in [0.15, 0.2) is 0 Å². The van der Waals surface area contributed by atoms with E-state index in [1.54, 1.807) is 0 Å². The highest BCUT2D eigenvalue weighted by molar-refractivity contribution is 4.90. The first kappa shape index (κ1) is 28.0. The molecule has 7 nitrogen and oxygen atoms in total. The number of hydrogen-bond donors (Lipinski definition) is 6. The molecule has 7 heteroatoms. The predicted molar refractivity (Wildman–Crippen MR) is 137 cm³/mol. The van der Waals surface area contributed by atoms with Crippen molar-refractivity contribution in [1.29, 1.82) is 0 Å². The fraction of sp³-hybridized carbons (Fsp3) is 1.00. The van der Waals surface area contributed by atoms with Crippen LogP contribution in [0.1, 0.15) is 65.2 Å². The largest absolute Gasteiger partial charge is 0.371 e. The number of rotatable bonds is 10. The zero-order chi connectivity index (χ0) is 22.8. The highest BCUT2D eigenvalue weighted by atomic mass is 16.5. The van der Waals surface area contributed by atoms with E-state index >= 15 is 0 Å². The van der Waals surface area contributed by atoms with Gasteiger partial charge in [-0.25, -0.2) is 0 Å². The van der Waals surface area contributed by atoms with Gasteiger partial charge in [0.2, 0.25) is 0 Å². The molecule has 0 saturated carbocycles. The van der Waals surface area contributed by atoms with Gasteiger partial charge in [0.05, 0.1) is 0 Å². The summed E-state index contributed by atoms with van der Waals surface area (Å²) in [5.41, 5.74) is 0.0149. The Morgan fingerprint density at radius 1 is 0.531 bits per heavy atom. The zero-order valence-electron chi connectivity index (χ0n) is 21.3. The molecule has 0 spiro atoms. The molecule has 32 heavy (non-hydrogen) atoms. The van der Waals surface area contributed by atoms with Crippen molar-refractivity contribution in [2.24, 2.45) is 5.41 Å². The third-order valence-electron chi connectivity index (χ3n) is 6.84. The highest BCUT2D eigenvalue weighted by Crippen LogP contribution is 2.14. The van der Waals surface area contributed by atoms with Gasteiger partial charge in [0.1, 0.15) is 5.60 Å². The van der Waals surface area contributed by atoms with Crippen LogP contribution in [-0.4, -0.2) is 90.7 Å². The highest BCUT2D eigenvalue weighted by Gasteiger charge is 2.31. The van der Waals surface area contributed by atoms with Gasteiger partial charge in [-0.05, 0) is 6.42 Å². The fourth-order valence-corrected chi connectivity index (χ4v) is 4.70. The van der Waals surface area contributed by atoms with Crippen molar-refractivity contribution in [1.82, 2.24) is 31.9 Å². The maximum atomic E-state index is 6.63. The molecule has 2 bridgehead atoms. The van der Waals surface area contributed by atoms with Gasteiger partial charge in [0.15, 0.2) is 0 Å². The van der Waals surface area contributed by atoms with Gasteiger partial charge in [-0.3, -0.25) is 0 Å². The third kappa shape index (κ3) is 12.3. The Balaban J connectivity index is 1.86. The molecule has 3 aliphatic rings. The Morgan fingerprint density at radius 2 is 0.906 bits per heavy atom. The minimum atomic E-state index is -0.204. The van der Waals surface area contributed by atoms with Crippen molar-refractivity contribution in [3.63, 3.8) is 0 Å². The number of ether oxygens (including phenoxy) is 1. The van der Waals surface area contributed by atoms with Gasteiger partial charge in [0, 0.05) is 90.6 Å². The van der Waals surface area contributed by atoms with Gasteiger partial charge in [-0.1, -0.05) is 58.8 Å². The van der Waals surface area contributed by atoms with Crippen molar-refractivity contribution >= 4 is 0 Å². The van der Waals surface area contributed by atoms with Gasteiger partial charge in [-0.2, -0.15) is 0 Å². The summed E-state index contributed by atoms with van der Waals surface area (Å²) < 4.78 is 6.63. The Bertz CT molecular complexity index is 407. The van der Waals surface area contributed by atoms with Crippen molar-refractivity contribution in [3.05, 3.63) is 0 Å². The predicted octanol–water partition coefficient (Wildman–Crippen LogP) is 1.45. The van der Waals surface area contributed by atoms with Crippen molar-refractivity contribution in [2.45, 2.75) is 70.8 Å². The summed E-state index contributed by atoms with van der Waals surface area (Å²) in [5, 5.41) is 22.1. The summed E-state index contributed by atoms with van der Waals surface area (Å²) in [7, 11) is 0. The standard InChI is InChI=1S/C25H54N6O/c1-3-4-5-6-7-8-9-10-17-32-25-21-29-14-11-26-18-24(2,19-27-12-15-30-22-25)20-28-13-16-31-23-25/h26-31H,3-23H2,1-2H3. The third-order valence-corrected chi connectivity index (χ3v) is 6.84. The molecule has 3 heterocycles. The summed E-state index contributed by atoms with van der Waals surface area (Å²) in [6, 6.07) is 0. The zero-order valence-corrected chi connectivity index (χ0v) is 21.3. The Hall–Kier alpha value is -0.280. The summed E-state index contributed by atoms with van der Waals surface area (Å²) in [4.78, 5) is 0. The van der Waals surface area contributed by atoms with Crippen LogP contribution in [0.3, 0.4) is 0 Å². The molecule has 0 radical (unpaired) electrons. The lowest BCUT2D eigenvalue weighted by molar-refractivity contribution is -0.0432. The lowest BCUT2D eigenvalue weighted by Gasteiger charge is -2.37. The molecule has 0 amide bonds. The van der Waals surface area contributed by atoms with E-state index in [2.05, 4.69) is 45.7 Å². The number of nitrogens with one attached hydrogen (secondary N) is 6. The molecular formula is C25H54N6O. The SMILES string of the molecule is CCCCCCCCCCOC12CNCCNCC(C)(CNCCNC1)CNCCNC2. The molecule has 3 aliphatic heterocycles. The molecule has 3 rings (SSSR count). The van der Waals surface area contributed by atoms with Crippen LogP contribution < -0.4 is 31.9 Å². The normalized spacial score (nSPS) is 29.4. The Kier molecular flexibility index (Phi) is 15.0. The molecule has 0 aliphatic carbocycles. The summed E-state index contributed by atoms with van der Waals surface area (Å²) >= 11 is 0. The smallest absolute Gasteiger partial charge is 0.105 e. The van der Waals surface area contributed by atoms with Crippen LogP contribution in [0.5, 0.6) is 0 Å². The average Bonchev–Trinajstić information content (AvgIpc) is 2.79. The second-order valence-electron chi connectivity index (χ2n) is 10.4. The summed E-state index contributed by atoms with van der Waals surface area (Å²) in [5.74, 6) is 0. The second-order valence-corrected chi connectivity index (χ2v) is 10.4. The molecule has 190 valence electrons. The van der Waals surface area contributed by atoms with Crippen LogP contribution in [0.2, 0.25) is 0 Å². The van der Waals surface area contributed by atoms with Gasteiger partial charge < -0.3 is 36.6 Å². The van der Waals surface area contributed by atoms with E-state index in [1.807, 2.05) is 0 Å². The first-order valence-electron chi connectivity index (χ1n) is 13.6. The quantitative estimate of drug-likeness (QED) is 0.279. The van der Waals surface area contributed by atoms with Crippen molar-refractivity contribution in [2.75, 3.05) is 85.1 Å². The topological polar surface area (TPSA) is 81.4 Å². The van der Waals surface area contributed by atoms with E-state index < -0.39 is 0 Å². The van der Waals surface area contributed by atoms with Gasteiger partial charge in [0.25, 0.3) is 0 Å². The van der Waals surface area contributed by atoms with E-state index in [1.165, 1.54) is 51.4 Å². The molecule has 0 aromatic heterocycles. The first-order chi connectivity index (χ1) is 15.7. The van der Waals surface area contributed by atoms with E-state index in [0.29, 0.717) is 0 Å².